The minimum absolute atomic E-state index is 0.298. The van der Waals surface area contributed by atoms with E-state index in [1.54, 1.807) is 6.08 Å². The highest BCUT2D eigenvalue weighted by molar-refractivity contribution is 6.30. The van der Waals surface area contributed by atoms with Crippen LogP contribution in [-0.4, -0.2) is 19.6 Å². The number of likely N-dealkylation sites (N-methyl/N-ethyl adjacent to an activating group) is 1. The van der Waals surface area contributed by atoms with Crippen LogP contribution < -0.4 is 4.90 Å². The summed E-state index contributed by atoms with van der Waals surface area (Å²) in [7, 11) is 1.89. The van der Waals surface area contributed by atoms with E-state index >= 15 is 0 Å². The van der Waals surface area contributed by atoms with Crippen molar-refractivity contribution in [3.8, 4) is 0 Å². The molecule has 0 fully saturated rings. The number of carbonyl (C=O) groups excluding carboxylic acids is 1. The van der Waals surface area contributed by atoms with Gasteiger partial charge in [0.25, 0.3) is 0 Å². The molecule has 0 saturated carbocycles. The Morgan fingerprint density at radius 2 is 1.83 bits per heavy atom. The van der Waals surface area contributed by atoms with Gasteiger partial charge >= 0.3 is 5.97 Å². The Kier molecular flexibility index (Phi) is 6.04. The number of ether oxygens (including phenoxy) is 1. The molecule has 0 N–H and O–H groups in total. The van der Waals surface area contributed by atoms with Gasteiger partial charge in [0.2, 0.25) is 0 Å². The summed E-state index contributed by atoms with van der Waals surface area (Å²) in [5.74, 6) is -0.298. The van der Waals surface area contributed by atoms with Gasteiger partial charge in [-0.05, 0) is 36.8 Å². The van der Waals surface area contributed by atoms with Gasteiger partial charge in [0.1, 0.15) is 0 Å². The molecular weight excluding hydrogens is 322 g/mol. The zero-order valence-electron chi connectivity index (χ0n) is 14.0. The maximum absolute atomic E-state index is 13.0. The molecule has 0 aliphatic carbocycles. The molecular formula is C20H22ClNO2. The highest BCUT2D eigenvalue weighted by Crippen LogP contribution is 2.37. The van der Waals surface area contributed by atoms with Crippen molar-refractivity contribution in [1.29, 1.82) is 0 Å². The molecule has 0 heterocycles. The highest BCUT2D eigenvalue weighted by atomic mass is 35.5. The molecule has 1 unspecified atom stereocenters. The number of esters is 1. The maximum Gasteiger partial charge on any atom is 0.337 e. The molecule has 0 aliphatic heterocycles. The first kappa shape index (κ1) is 18.1. The van der Waals surface area contributed by atoms with Crippen molar-refractivity contribution < 1.29 is 9.53 Å². The number of hydrogen-bond donors (Lipinski definition) is 0. The molecule has 0 aliphatic rings. The second-order valence-electron chi connectivity index (χ2n) is 5.48. The van der Waals surface area contributed by atoms with Crippen molar-refractivity contribution in [1.82, 2.24) is 0 Å². The van der Waals surface area contributed by atoms with Gasteiger partial charge in [-0.2, -0.15) is 0 Å². The SMILES string of the molecule is C=CCC(C(=O)OCC)(c1ccccc1)N(C)c1ccc(Cl)cc1. The maximum atomic E-state index is 13.0. The van der Waals surface area contributed by atoms with Crippen molar-refractivity contribution in [2.75, 3.05) is 18.6 Å². The summed E-state index contributed by atoms with van der Waals surface area (Å²) < 4.78 is 5.43. The third-order valence-electron chi connectivity index (χ3n) is 4.09. The molecule has 0 radical (unpaired) electrons. The first-order valence-corrected chi connectivity index (χ1v) is 8.27. The number of rotatable bonds is 7. The number of nitrogens with zero attached hydrogens (tertiary/aromatic N) is 1. The van der Waals surface area contributed by atoms with Gasteiger partial charge in [0, 0.05) is 24.2 Å². The fourth-order valence-electron chi connectivity index (χ4n) is 2.84. The van der Waals surface area contributed by atoms with E-state index in [1.165, 1.54) is 0 Å². The van der Waals surface area contributed by atoms with E-state index in [0.29, 0.717) is 18.1 Å². The minimum atomic E-state index is -0.979. The van der Waals surface area contributed by atoms with E-state index in [9.17, 15) is 4.79 Å². The molecule has 0 saturated heterocycles. The van der Waals surface area contributed by atoms with E-state index in [-0.39, 0.29) is 5.97 Å². The lowest BCUT2D eigenvalue weighted by Crippen LogP contribution is -2.51. The van der Waals surface area contributed by atoms with Crippen LogP contribution in [0.3, 0.4) is 0 Å². The fourth-order valence-corrected chi connectivity index (χ4v) is 2.97. The summed E-state index contributed by atoms with van der Waals surface area (Å²) in [6, 6.07) is 17.0. The number of carbonyl (C=O) groups is 1. The lowest BCUT2D eigenvalue weighted by molar-refractivity contribution is -0.150. The summed E-state index contributed by atoms with van der Waals surface area (Å²) in [4.78, 5) is 14.9. The third-order valence-corrected chi connectivity index (χ3v) is 4.34. The van der Waals surface area contributed by atoms with E-state index in [1.807, 2.05) is 73.5 Å². The van der Waals surface area contributed by atoms with Crippen molar-refractivity contribution in [3.63, 3.8) is 0 Å². The van der Waals surface area contributed by atoms with Crippen LogP contribution in [0, 0.1) is 0 Å². The van der Waals surface area contributed by atoms with E-state index < -0.39 is 5.54 Å². The largest absolute Gasteiger partial charge is 0.464 e. The van der Waals surface area contributed by atoms with Gasteiger partial charge in [0.05, 0.1) is 6.61 Å². The molecule has 2 rings (SSSR count). The molecule has 0 spiro atoms. The van der Waals surface area contributed by atoms with E-state index in [4.69, 9.17) is 16.3 Å². The summed E-state index contributed by atoms with van der Waals surface area (Å²) >= 11 is 5.99. The molecule has 4 heteroatoms. The third kappa shape index (κ3) is 3.46. The molecule has 24 heavy (non-hydrogen) atoms. The molecule has 2 aromatic rings. The van der Waals surface area contributed by atoms with Gasteiger partial charge in [-0.15, -0.1) is 6.58 Å². The topological polar surface area (TPSA) is 29.5 Å². The fraction of sp³-hybridized carbons (Fsp3) is 0.250. The van der Waals surface area contributed by atoms with E-state index in [2.05, 4.69) is 6.58 Å². The predicted octanol–water partition coefficient (Wildman–Crippen LogP) is 4.81. The number of hydrogen-bond acceptors (Lipinski definition) is 3. The number of benzene rings is 2. The van der Waals surface area contributed by atoms with Crippen molar-refractivity contribution in [3.05, 3.63) is 77.8 Å². The first-order chi connectivity index (χ1) is 11.6. The van der Waals surface area contributed by atoms with Gasteiger partial charge in [0.15, 0.2) is 5.54 Å². The summed E-state index contributed by atoms with van der Waals surface area (Å²) in [6.45, 7) is 5.98. The predicted molar refractivity (Wildman–Crippen MR) is 99.4 cm³/mol. The van der Waals surface area contributed by atoms with Gasteiger partial charge < -0.3 is 9.64 Å². The van der Waals surface area contributed by atoms with Crippen LogP contribution in [0.2, 0.25) is 5.02 Å². The van der Waals surface area contributed by atoms with Crippen LogP contribution in [0.5, 0.6) is 0 Å². The van der Waals surface area contributed by atoms with E-state index in [0.717, 1.165) is 11.3 Å². The smallest absolute Gasteiger partial charge is 0.337 e. The Labute approximate surface area is 148 Å². The highest BCUT2D eigenvalue weighted by Gasteiger charge is 2.44. The average Bonchev–Trinajstić information content (AvgIpc) is 2.60. The van der Waals surface area contributed by atoms with Crippen molar-refractivity contribution in [2.45, 2.75) is 18.9 Å². The lowest BCUT2D eigenvalue weighted by Gasteiger charge is -2.41. The minimum Gasteiger partial charge on any atom is -0.464 e. The van der Waals surface area contributed by atoms with Gasteiger partial charge in [-0.3, -0.25) is 0 Å². The molecule has 126 valence electrons. The first-order valence-electron chi connectivity index (χ1n) is 7.89. The molecule has 3 nitrogen and oxygen atoms in total. The summed E-state index contributed by atoms with van der Waals surface area (Å²) in [5, 5.41) is 0.650. The Morgan fingerprint density at radius 1 is 1.21 bits per heavy atom. The second-order valence-corrected chi connectivity index (χ2v) is 5.91. The van der Waals surface area contributed by atoms with Crippen LogP contribution in [0.25, 0.3) is 0 Å². The zero-order chi connectivity index (χ0) is 17.6. The van der Waals surface area contributed by atoms with Gasteiger partial charge in [-0.1, -0.05) is 48.0 Å². The Bertz CT molecular complexity index is 685. The van der Waals surface area contributed by atoms with Gasteiger partial charge in [-0.25, -0.2) is 4.79 Å². The standard InChI is InChI=1S/C20H22ClNO2/c1-4-15-20(19(23)24-5-2,16-9-7-6-8-10-16)22(3)18-13-11-17(21)12-14-18/h4,6-14H,1,5,15H2,2-3H3. The van der Waals surface area contributed by atoms with Crippen LogP contribution in [0.15, 0.2) is 67.3 Å². The molecule has 0 aromatic heterocycles. The van der Waals surface area contributed by atoms with Crippen LogP contribution in [0.1, 0.15) is 18.9 Å². The Morgan fingerprint density at radius 3 is 2.38 bits per heavy atom. The Hall–Kier alpha value is -2.26. The molecule has 1 atom stereocenters. The second kappa shape index (κ2) is 8.02. The quantitative estimate of drug-likeness (QED) is 0.533. The van der Waals surface area contributed by atoms with Crippen LogP contribution in [0.4, 0.5) is 5.69 Å². The van der Waals surface area contributed by atoms with Crippen LogP contribution in [-0.2, 0) is 15.1 Å². The Balaban J connectivity index is 2.61. The zero-order valence-corrected chi connectivity index (χ0v) is 14.8. The monoisotopic (exact) mass is 343 g/mol. The molecule has 2 aromatic carbocycles. The van der Waals surface area contributed by atoms with Crippen LogP contribution >= 0.6 is 11.6 Å². The average molecular weight is 344 g/mol. The lowest BCUT2D eigenvalue weighted by atomic mass is 9.84. The molecule has 0 bridgehead atoms. The normalized spacial score (nSPS) is 13.0. The summed E-state index contributed by atoms with van der Waals surface area (Å²) in [6.07, 6.45) is 2.17. The summed E-state index contributed by atoms with van der Waals surface area (Å²) in [5.41, 5.74) is 0.756. The number of halogens is 1. The number of anilines is 1. The molecule has 0 amide bonds. The van der Waals surface area contributed by atoms with Crippen molar-refractivity contribution in [2.24, 2.45) is 0 Å². The van der Waals surface area contributed by atoms with Crippen molar-refractivity contribution >= 4 is 23.3 Å².